The first-order chi connectivity index (χ1) is 8.32. The molecule has 106 valence electrons. The Hall–Kier alpha value is -1.13. The molecule has 0 aliphatic rings. The standard InChI is InChI=1S/C15H21NO2.BrH/c1-11(2)14(17)18-10-9-12-7-5-6-8-13(12)15(3,4)16;/h5-8H,1,9-10,16H2,2-4H3;1H. The van der Waals surface area contributed by atoms with Crippen LogP contribution in [0.3, 0.4) is 0 Å². The molecule has 0 aliphatic carbocycles. The number of benzene rings is 1. The maximum absolute atomic E-state index is 11.3. The number of ether oxygens (including phenoxy) is 1. The molecule has 0 aliphatic heterocycles. The zero-order valence-electron chi connectivity index (χ0n) is 11.7. The van der Waals surface area contributed by atoms with E-state index in [0.717, 1.165) is 11.1 Å². The molecule has 0 bridgehead atoms. The topological polar surface area (TPSA) is 52.3 Å². The third-order valence-corrected chi connectivity index (χ3v) is 2.66. The van der Waals surface area contributed by atoms with Crippen molar-refractivity contribution in [2.45, 2.75) is 32.7 Å². The summed E-state index contributed by atoms with van der Waals surface area (Å²) in [5.41, 5.74) is 8.33. The molecule has 0 fully saturated rings. The average molecular weight is 328 g/mol. The van der Waals surface area contributed by atoms with Gasteiger partial charge in [0.05, 0.1) is 6.61 Å². The van der Waals surface area contributed by atoms with Gasteiger partial charge in [0.2, 0.25) is 0 Å². The van der Waals surface area contributed by atoms with Gasteiger partial charge in [0.15, 0.2) is 0 Å². The van der Waals surface area contributed by atoms with Gasteiger partial charge in [-0.05, 0) is 31.9 Å². The van der Waals surface area contributed by atoms with Gasteiger partial charge >= 0.3 is 5.97 Å². The Balaban J connectivity index is 0.00000324. The highest BCUT2D eigenvalue weighted by atomic mass is 79.9. The molecule has 19 heavy (non-hydrogen) atoms. The van der Waals surface area contributed by atoms with Crippen LogP contribution in [-0.4, -0.2) is 12.6 Å². The van der Waals surface area contributed by atoms with Gasteiger partial charge in [-0.1, -0.05) is 30.8 Å². The lowest BCUT2D eigenvalue weighted by Gasteiger charge is -2.22. The SMILES string of the molecule is Br.C=C(C)C(=O)OCCc1ccccc1C(C)(C)N. The normalized spacial score (nSPS) is 10.5. The quantitative estimate of drug-likeness (QED) is 0.667. The summed E-state index contributed by atoms with van der Waals surface area (Å²) >= 11 is 0. The zero-order chi connectivity index (χ0) is 13.8. The van der Waals surface area contributed by atoms with Crippen LogP contribution in [0, 0.1) is 0 Å². The van der Waals surface area contributed by atoms with Gasteiger partial charge < -0.3 is 10.5 Å². The van der Waals surface area contributed by atoms with Crippen molar-refractivity contribution in [3.63, 3.8) is 0 Å². The molecule has 1 aromatic carbocycles. The summed E-state index contributed by atoms with van der Waals surface area (Å²) in [5.74, 6) is -0.348. The number of carbonyl (C=O) groups is 1. The molecule has 0 saturated heterocycles. The zero-order valence-corrected chi connectivity index (χ0v) is 13.4. The predicted molar refractivity (Wildman–Crippen MR) is 83.5 cm³/mol. The molecule has 1 rings (SSSR count). The molecule has 0 heterocycles. The number of carbonyl (C=O) groups excluding carboxylic acids is 1. The molecule has 4 heteroatoms. The number of hydrogen-bond donors (Lipinski definition) is 1. The number of esters is 1. The van der Waals surface area contributed by atoms with Crippen molar-refractivity contribution in [3.05, 3.63) is 47.5 Å². The first-order valence-corrected chi connectivity index (χ1v) is 6.02. The van der Waals surface area contributed by atoms with Crippen molar-refractivity contribution >= 4 is 23.0 Å². The van der Waals surface area contributed by atoms with E-state index >= 15 is 0 Å². The van der Waals surface area contributed by atoms with Crippen molar-refractivity contribution in [2.24, 2.45) is 5.73 Å². The fourth-order valence-electron chi connectivity index (χ4n) is 1.74. The van der Waals surface area contributed by atoms with Crippen molar-refractivity contribution in [2.75, 3.05) is 6.61 Å². The molecule has 3 nitrogen and oxygen atoms in total. The van der Waals surface area contributed by atoms with Crippen LogP contribution in [0.4, 0.5) is 0 Å². The summed E-state index contributed by atoms with van der Waals surface area (Å²) in [6.45, 7) is 9.46. The van der Waals surface area contributed by atoms with Gasteiger partial charge in [-0.2, -0.15) is 0 Å². The Morgan fingerprint density at radius 1 is 1.37 bits per heavy atom. The third kappa shape index (κ3) is 5.57. The minimum absolute atomic E-state index is 0. The average Bonchev–Trinajstić information content (AvgIpc) is 2.28. The first kappa shape index (κ1) is 17.9. The molecular weight excluding hydrogens is 306 g/mol. The minimum Gasteiger partial charge on any atom is -0.462 e. The van der Waals surface area contributed by atoms with E-state index in [2.05, 4.69) is 6.58 Å². The van der Waals surface area contributed by atoms with E-state index in [4.69, 9.17) is 10.5 Å². The van der Waals surface area contributed by atoms with Crippen LogP contribution in [0.2, 0.25) is 0 Å². The fourth-order valence-corrected chi connectivity index (χ4v) is 1.74. The molecule has 0 spiro atoms. The van der Waals surface area contributed by atoms with Gasteiger partial charge in [-0.25, -0.2) is 4.79 Å². The molecule has 0 unspecified atom stereocenters. The van der Waals surface area contributed by atoms with Gasteiger partial charge in [0.25, 0.3) is 0 Å². The number of halogens is 1. The van der Waals surface area contributed by atoms with Gasteiger partial charge in [-0.3, -0.25) is 0 Å². The van der Waals surface area contributed by atoms with E-state index in [-0.39, 0.29) is 23.0 Å². The van der Waals surface area contributed by atoms with Crippen molar-refractivity contribution in [1.29, 1.82) is 0 Å². The number of nitrogens with two attached hydrogens (primary N) is 1. The molecular formula is C15H22BrNO2. The smallest absolute Gasteiger partial charge is 0.333 e. The fraction of sp³-hybridized carbons (Fsp3) is 0.400. The summed E-state index contributed by atoms with van der Waals surface area (Å²) in [7, 11) is 0. The van der Waals surface area contributed by atoms with Crippen LogP contribution in [0.1, 0.15) is 31.9 Å². The lowest BCUT2D eigenvalue weighted by molar-refractivity contribution is -0.138. The second-order valence-electron chi connectivity index (χ2n) is 5.05. The minimum atomic E-state index is -0.394. The van der Waals surface area contributed by atoms with Crippen LogP contribution in [0.5, 0.6) is 0 Å². The van der Waals surface area contributed by atoms with Crippen molar-refractivity contribution in [1.82, 2.24) is 0 Å². The van der Waals surface area contributed by atoms with Crippen LogP contribution in [-0.2, 0) is 21.5 Å². The lowest BCUT2D eigenvalue weighted by Crippen LogP contribution is -2.30. The van der Waals surface area contributed by atoms with Crippen LogP contribution in [0.15, 0.2) is 36.4 Å². The second-order valence-corrected chi connectivity index (χ2v) is 5.05. The molecule has 0 aromatic heterocycles. The van der Waals surface area contributed by atoms with E-state index in [1.165, 1.54) is 0 Å². The Kier molecular flexibility index (Phi) is 7.01. The molecule has 0 amide bonds. The van der Waals surface area contributed by atoms with E-state index in [9.17, 15) is 4.79 Å². The summed E-state index contributed by atoms with van der Waals surface area (Å²) in [4.78, 5) is 11.3. The molecule has 0 atom stereocenters. The summed E-state index contributed by atoms with van der Waals surface area (Å²) in [6, 6.07) is 7.95. The van der Waals surface area contributed by atoms with E-state index in [1.54, 1.807) is 6.92 Å². The maximum Gasteiger partial charge on any atom is 0.333 e. The monoisotopic (exact) mass is 327 g/mol. The highest BCUT2D eigenvalue weighted by Gasteiger charge is 2.17. The van der Waals surface area contributed by atoms with E-state index in [1.807, 2.05) is 38.1 Å². The second kappa shape index (κ2) is 7.46. The van der Waals surface area contributed by atoms with Crippen molar-refractivity contribution < 1.29 is 9.53 Å². The highest BCUT2D eigenvalue weighted by Crippen LogP contribution is 2.21. The third-order valence-electron chi connectivity index (χ3n) is 2.66. The molecule has 0 radical (unpaired) electrons. The van der Waals surface area contributed by atoms with Crippen LogP contribution < -0.4 is 5.73 Å². The largest absolute Gasteiger partial charge is 0.462 e. The van der Waals surface area contributed by atoms with Gasteiger partial charge in [0.1, 0.15) is 0 Å². The molecule has 1 aromatic rings. The van der Waals surface area contributed by atoms with E-state index in [0.29, 0.717) is 18.6 Å². The predicted octanol–water partition coefficient (Wildman–Crippen LogP) is 3.12. The Bertz CT molecular complexity index is 450. The Morgan fingerprint density at radius 3 is 2.47 bits per heavy atom. The lowest BCUT2D eigenvalue weighted by atomic mass is 9.90. The maximum atomic E-state index is 11.3. The Labute approximate surface area is 125 Å². The van der Waals surface area contributed by atoms with Crippen LogP contribution >= 0.6 is 17.0 Å². The van der Waals surface area contributed by atoms with Gasteiger partial charge in [-0.15, -0.1) is 17.0 Å². The summed E-state index contributed by atoms with van der Waals surface area (Å²) in [5, 5.41) is 0. The number of rotatable bonds is 5. The van der Waals surface area contributed by atoms with E-state index < -0.39 is 5.54 Å². The first-order valence-electron chi connectivity index (χ1n) is 6.02. The summed E-state index contributed by atoms with van der Waals surface area (Å²) in [6.07, 6.45) is 0.663. The highest BCUT2D eigenvalue weighted by molar-refractivity contribution is 8.93. The van der Waals surface area contributed by atoms with Crippen molar-refractivity contribution in [3.8, 4) is 0 Å². The number of hydrogen-bond acceptors (Lipinski definition) is 3. The molecule has 2 N–H and O–H groups in total. The Morgan fingerprint density at radius 2 is 1.95 bits per heavy atom. The van der Waals surface area contributed by atoms with Crippen LogP contribution in [0.25, 0.3) is 0 Å². The van der Waals surface area contributed by atoms with Gasteiger partial charge in [0, 0.05) is 17.5 Å². The summed E-state index contributed by atoms with van der Waals surface area (Å²) < 4.78 is 5.10. The molecule has 0 saturated carbocycles.